The Kier molecular flexibility index (Phi) is 7.09. The predicted molar refractivity (Wildman–Crippen MR) is 113 cm³/mol. The van der Waals surface area contributed by atoms with Crippen molar-refractivity contribution in [2.24, 2.45) is 0 Å². The van der Waals surface area contributed by atoms with Crippen molar-refractivity contribution in [1.29, 1.82) is 0 Å². The number of aryl methyl sites for hydroxylation is 3. The van der Waals surface area contributed by atoms with E-state index in [0.717, 1.165) is 22.4 Å². The molecule has 3 N–H and O–H groups in total. The highest BCUT2D eigenvalue weighted by Crippen LogP contribution is 2.15. The minimum Gasteiger partial charge on any atom is -0.376 e. The van der Waals surface area contributed by atoms with E-state index in [1.54, 1.807) is 0 Å². The SMILES string of the molecule is Cc1ccc(NCC(=O)NNC(=O)CCCn2nnc(-c3ccccc3)n2)c(C)c1. The lowest BCUT2D eigenvalue weighted by Crippen LogP contribution is -2.44. The van der Waals surface area contributed by atoms with Crippen LogP contribution in [0.1, 0.15) is 24.0 Å². The number of benzene rings is 2. The Labute approximate surface area is 174 Å². The molecule has 0 aliphatic rings. The quantitative estimate of drug-likeness (QED) is 0.492. The van der Waals surface area contributed by atoms with E-state index >= 15 is 0 Å². The van der Waals surface area contributed by atoms with Gasteiger partial charge in [0.2, 0.25) is 11.7 Å². The van der Waals surface area contributed by atoms with Crippen LogP contribution in [0.5, 0.6) is 0 Å². The molecule has 0 atom stereocenters. The van der Waals surface area contributed by atoms with Crippen LogP contribution in [0.3, 0.4) is 0 Å². The summed E-state index contributed by atoms with van der Waals surface area (Å²) < 4.78 is 0. The smallest absolute Gasteiger partial charge is 0.257 e. The number of hydrazine groups is 1. The van der Waals surface area contributed by atoms with Gasteiger partial charge in [-0.1, -0.05) is 48.0 Å². The van der Waals surface area contributed by atoms with Crippen molar-refractivity contribution in [1.82, 2.24) is 31.1 Å². The standard InChI is InChI=1S/C21H25N7O2/c1-15-10-11-18(16(2)13-15)22-14-20(30)24-23-19(29)9-6-12-28-26-21(25-27-28)17-7-4-3-5-8-17/h3-5,7-8,10-11,13,22H,6,9,12,14H2,1-2H3,(H,23,29)(H,24,30). The van der Waals surface area contributed by atoms with E-state index < -0.39 is 0 Å². The minimum atomic E-state index is -0.325. The largest absolute Gasteiger partial charge is 0.376 e. The molecule has 9 heteroatoms. The van der Waals surface area contributed by atoms with Gasteiger partial charge in [-0.2, -0.15) is 4.80 Å². The number of aromatic nitrogens is 4. The number of rotatable bonds is 8. The van der Waals surface area contributed by atoms with Gasteiger partial charge in [-0.15, -0.1) is 10.2 Å². The normalized spacial score (nSPS) is 10.5. The van der Waals surface area contributed by atoms with Gasteiger partial charge in [-0.05, 0) is 37.1 Å². The summed E-state index contributed by atoms with van der Waals surface area (Å²) >= 11 is 0. The van der Waals surface area contributed by atoms with Crippen LogP contribution < -0.4 is 16.2 Å². The molecule has 0 saturated carbocycles. The Morgan fingerprint density at radius 3 is 2.53 bits per heavy atom. The molecule has 156 valence electrons. The van der Waals surface area contributed by atoms with E-state index in [1.165, 1.54) is 4.80 Å². The summed E-state index contributed by atoms with van der Waals surface area (Å²) in [5.41, 5.74) is 8.81. The molecular formula is C21H25N7O2. The molecule has 0 spiro atoms. The molecule has 2 aromatic carbocycles. The van der Waals surface area contributed by atoms with Crippen molar-refractivity contribution < 1.29 is 9.59 Å². The first-order chi connectivity index (χ1) is 14.5. The maximum Gasteiger partial charge on any atom is 0.257 e. The molecule has 1 heterocycles. The van der Waals surface area contributed by atoms with Crippen LogP contribution in [0.2, 0.25) is 0 Å². The molecule has 2 amide bonds. The first-order valence-corrected chi connectivity index (χ1v) is 9.73. The molecule has 0 fully saturated rings. The van der Waals surface area contributed by atoms with Crippen LogP contribution in [0.25, 0.3) is 11.4 Å². The minimum absolute atomic E-state index is 0.0648. The molecule has 9 nitrogen and oxygen atoms in total. The van der Waals surface area contributed by atoms with Gasteiger partial charge >= 0.3 is 0 Å². The lowest BCUT2D eigenvalue weighted by molar-refractivity contribution is -0.128. The summed E-state index contributed by atoms with van der Waals surface area (Å²) in [7, 11) is 0. The van der Waals surface area contributed by atoms with E-state index in [9.17, 15) is 9.59 Å². The summed E-state index contributed by atoms with van der Waals surface area (Å²) in [5, 5.41) is 15.4. The van der Waals surface area contributed by atoms with Crippen LogP contribution in [0.15, 0.2) is 48.5 Å². The predicted octanol–water partition coefficient (Wildman–Crippen LogP) is 2.00. The van der Waals surface area contributed by atoms with Crippen molar-refractivity contribution in [2.45, 2.75) is 33.2 Å². The maximum atomic E-state index is 11.9. The van der Waals surface area contributed by atoms with Crippen molar-refractivity contribution in [3.63, 3.8) is 0 Å². The van der Waals surface area contributed by atoms with Crippen LogP contribution in [0.4, 0.5) is 5.69 Å². The van der Waals surface area contributed by atoms with E-state index in [4.69, 9.17) is 0 Å². The van der Waals surface area contributed by atoms with Gasteiger partial charge in [0.1, 0.15) is 0 Å². The highest BCUT2D eigenvalue weighted by atomic mass is 16.2. The average molecular weight is 407 g/mol. The highest BCUT2D eigenvalue weighted by Gasteiger charge is 2.08. The fraction of sp³-hybridized carbons (Fsp3) is 0.286. The summed E-state index contributed by atoms with van der Waals surface area (Å²) in [4.78, 5) is 25.3. The highest BCUT2D eigenvalue weighted by molar-refractivity contribution is 5.84. The van der Waals surface area contributed by atoms with Gasteiger partial charge in [0.25, 0.3) is 5.91 Å². The fourth-order valence-electron chi connectivity index (χ4n) is 2.86. The van der Waals surface area contributed by atoms with E-state index in [2.05, 4.69) is 31.6 Å². The molecule has 0 aliphatic heterocycles. The molecule has 3 aromatic rings. The second kappa shape index (κ2) is 10.1. The van der Waals surface area contributed by atoms with Crippen LogP contribution in [-0.4, -0.2) is 38.6 Å². The monoisotopic (exact) mass is 407 g/mol. The Hall–Kier alpha value is -3.75. The Morgan fingerprint density at radius 2 is 1.77 bits per heavy atom. The van der Waals surface area contributed by atoms with Crippen LogP contribution in [-0.2, 0) is 16.1 Å². The molecule has 0 aliphatic carbocycles. The Balaban J connectivity index is 1.34. The maximum absolute atomic E-state index is 11.9. The molecular weight excluding hydrogens is 382 g/mol. The number of carbonyl (C=O) groups excluding carboxylic acids is 2. The fourth-order valence-corrected chi connectivity index (χ4v) is 2.86. The number of anilines is 1. The van der Waals surface area contributed by atoms with Crippen molar-refractivity contribution in [2.75, 3.05) is 11.9 Å². The van der Waals surface area contributed by atoms with Crippen molar-refractivity contribution in [3.8, 4) is 11.4 Å². The van der Waals surface area contributed by atoms with Gasteiger partial charge in [0.15, 0.2) is 0 Å². The van der Waals surface area contributed by atoms with Crippen molar-refractivity contribution >= 4 is 17.5 Å². The summed E-state index contributed by atoms with van der Waals surface area (Å²) in [5.74, 6) is -0.0596. The number of amides is 2. The number of hydrogen-bond acceptors (Lipinski definition) is 6. The third kappa shape index (κ3) is 6.13. The summed E-state index contributed by atoms with van der Waals surface area (Å²) in [6.45, 7) is 4.51. The summed E-state index contributed by atoms with van der Waals surface area (Å²) in [6.07, 6.45) is 0.750. The number of tetrazole rings is 1. The molecule has 0 radical (unpaired) electrons. The molecule has 0 saturated heterocycles. The second-order valence-corrected chi connectivity index (χ2v) is 6.95. The van der Waals surface area contributed by atoms with Gasteiger partial charge in [0.05, 0.1) is 13.1 Å². The van der Waals surface area contributed by atoms with Crippen molar-refractivity contribution in [3.05, 3.63) is 59.7 Å². The topological polar surface area (TPSA) is 114 Å². The average Bonchev–Trinajstić information content (AvgIpc) is 3.21. The molecule has 0 bridgehead atoms. The number of nitrogens with zero attached hydrogens (tertiary/aromatic N) is 4. The van der Waals surface area contributed by atoms with Gasteiger partial charge in [-0.25, -0.2) is 0 Å². The summed E-state index contributed by atoms with van der Waals surface area (Å²) in [6, 6.07) is 15.5. The van der Waals surface area contributed by atoms with Gasteiger partial charge in [0, 0.05) is 17.7 Å². The molecule has 30 heavy (non-hydrogen) atoms. The first-order valence-electron chi connectivity index (χ1n) is 9.73. The Bertz CT molecular complexity index is 1000. The number of hydrogen-bond donors (Lipinski definition) is 3. The Morgan fingerprint density at radius 1 is 1.00 bits per heavy atom. The molecule has 0 unspecified atom stereocenters. The van der Waals surface area contributed by atoms with Crippen LogP contribution in [0, 0.1) is 13.8 Å². The third-order valence-electron chi connectivity index (χ3n) is 4.41. The van der Waals surface area contributed by atoms with Gasteiger partial charge < -0.3 is 5.32 Å². The first kappa shape index (κ1) is 21.0. The van der Waals surface area contributed by atoms with E-state index in [1.807, 2.05) is 62.4 Å². The van der Waals surface area contributed by atoms with E-state index in [0.29, 0.717) is 18.8 Å². The lowest BCUT2D eigenvalue weighted by Gasteiger charge is -2.11. The van der Waals surface area contributed by atoms with E-state index in [-0.39, 0.29) is 24.8 Å². The van der Waals surface area contributed by atoms with Crippen LogP contribution >= 0.6 is 0 Å². The van der Waals surface area contributed by atoms with Gasteiger partial charge in [-0.3, -0.25) is 20.4 Å². The number of nitrogens with one attached hydrogen (secondary N) is 3. The molecule has 3 rings (SSSR count). The number of carbonyl (C=O) groups is 2. The zero-order valence-electron chi connectivity index (χ0n) is 17.1. The lowest BCUT2D eigenvalue weighted by atomic mass is 10.1. The molecule has 1 aromatic heterocycles. The second-order valence-electron chi connectivity index (χ2n) is 6.95. The zero-order valence-corrected chi connectivity index (χ0v) is 17.1. The third-order valence-corrected chi connectivity index (χ3v) is 4.41. The zero-order chi connectivity index (χ0) is 21.3.